The van der Waals surface area contributed by atoms with E-state index >= 15 is 0 Å². The Balaban J connectivity index is 1.79. The number of thiophene rings is 1. The lowest BCUT2D eigenvalue weighted by molar-refractivity contribution is -0.122. The van der Waals surface area contributed by atoms with Crippen LogP contribution in [-0.4, -0.2) is 27.4 Å². The predicted molar refractivity (Wildman–Crippen MR) is 72.9 cm³/mol. The summed E-state index contributed by atoms with van der Waals surface area (Å²) >= 11 is 4.33. The molecule has 5 nitrogen and oxygen atoms in total. The van der Waals surface area contributed by atoms with Crippen molar-refractivity contribution in [2.75, 3.05) is 13.1 Å². The Hall–Kier alpha value is -0.440. The van der Waals surface area contributed by atoms with Crippen LogP contribution in [0.5, 0.6) is 0 Å². The first kappa shape index (κ1) is 14.0. The molecule has 0 aliphatic heterocycles. The van der Waals surface area contributed by atoms with Crippen LogP contribution in [0.2, 0.25) is 0 Å². The Bertz CT molecular complexity index is 537. The third kappa shape index (κ3) is 3.53. The van der Waals surface area contributed by atoms with E-state index in [-0.39, 0.29) is 22.6 Å². The minimum Gasteiger partial charge on any atom is -0.355 e. The van der Waals surface area contributed by atoms with E-state index in [1.165, 1.54) is 0 Å². The molecule has 1 aromatic rings. The Morgan fingerprint density at radius 2 is 2.17 bits per heavy atom. The maximum absolute atomic E-state index is 11.9. The molecule has 1 aliphatic carbocycles. The number of carbonyl (C=O) groups excluding carboxylic acids is 1. The summed E-state index contributed by atoms with van der Waals surface area (Å²) in [6.45, 7) is 0.517. The molecule has 0 bridgehead atoms. The average molecular weight is 353 g/mol. The molecule has 1 fully saturated rings. The third-order valence-corrected chi connectivity index (χ3v) is 6.62. The Kier molecular flexibility index (Phi) is 4.41. The number of hydrogen-bond donors (Lipinski definition) is 2. The molecule has 1 amide bonds. The maximum atomic E-state index is 11.9. The van der Waals surface area contributed by atoms with Crippen LogP contribution in [0, 0.1) is 5.92 Å². The highest BCUT2D eigenvalue weighted by molar-refractivity contribution is 9.10. The molecule has 0 spiro atoms. The van der Waals surface area contributed by atoms with Gasteiger partial charge in [0.15, 0.2) is 0 Å². The van der Waals surface area contributed by atoms with E-state index in [0.29, 0.717) is 11.0 Å². The molecule has 2 N–H and O–H groups in total. The molecule has 0 unspecified atom stereocenters. The molecule has 1 aliphatic rings. The first-order chi connectivity index (χ1) is 8.50. The van der Waals surface area contributed by atoms with Gasteiger partial charge in [-0.15, -0.1) is 11.3 Å². The van der Waals surface area contributed by atoms with Crippen molar-refractivity contribution in [2.45, 2.75) is 17.1 Å². The van der Waals surface area contributed by atoms with Crippen molar-refractivity contribution in [1.82, 2.24) is 10.0 Å². The second-order valence-corrected chi connectivity index (χ2v) is 7.75. The first-order valence-electron chi connectivity index (χ1n) is 5.51. The van der Waals surface area contributed by atoms with Gasteiger partial charge in [-0.3, -0.25) is 4.79 Å². The van der Waals surface area contributed by atoms with Crippen LogP contribution in [0.3, 0.4) is 0 Å². The van der Waals surface area contributed by atoms with Gasteiger partial charge in [-0.2, -0.15) is 0 Å². The molecule has 0 aromatic carbocycles. The lowest BCUT2D eigenvalue weighted by Gasteiger charge is -2.06. The lowest BCUT2D eigenvalue weighted by Crippen LogP contribution is -2.35. The quantitative estimate of drug-likeness (QED) is 0.758. The molecule has 2 rings (SSSR count). The van der Waals surface area contributed by atoms with Crippen molar-refractivity contribution in [3.63, 3.8) is 0 Å². The summed E-state index contributed by atoms with van der Waals surface area (Å²) < 4.78 is 27.0. The Morgan fingerprint density at radius 3 is 2.72 bits per heavy atom. The first-order valence-corrected chi connectivity index (χ1v) is 8.66. The van der Waals surface area contributed by atoms with Gasteiger partial charge >= 0.3 is 0 Å². The van der Waals surface area contributed by atoms with Gasteiger partial charge in [-0.25, -0.2) is 13.1 Å². The highest BCUT2D eigenvalue weighted by Gasteiger charge is 2.29. The Labute approximate surface area is 118 Å². The summed E-state index contributed by atoms with van der Waals surface area (Å²) in [4.78, 5) is 11.3. The zero-order chi connectivity index (χ0) is 13.2. The van der Waals surface area contributed by atoms with Gasteiger partial charge in [0.05, 0.1) is 0 Å². The van der Waals surface area contributed by atoms with Crippen LogP contribution in [0.25, 0.3) is 0 Å². The second-order valence-electron chi connectivity index (χ2n) is 4.02. The van der Waals surface area contributed by atoms with E-state index in [1.54, 1.807) is 11.4 Å². The number of rotatable bonds is 6. The molecule has 100 valence electrons. The van der Waals surface area contributed by atoms with Crippen molar-refractivity contribution >= 4 is 43.2 Å². The van der Waals surface area contributed by atoms with Crippen molar-refractivity contribution in [3.8, 4) is 0 Å². The molecular formula is C10H13BrN2O3S2. The third-order valence-electron chi connectivity index (χ3n) is 2.49. The smallest absolute Gasteiger partial charge is 0.251 e. The van der Waals surface area contributed by atoms with Gasteiger partial charge in [0.25, 0.3) is 10.0 Å². The van der Waals surface area contributed by atoms with Gasteiger partial charge in [0.2, 0.25) is 5.91 Å². The molecule has 1 aromatic heterocycles. The monoisotopic (exact) mass is 352 g/mol. The molecular weight excluding hydrogens is 340 g/mol. The highest BCUT2D eigenvalue weighted by atomic mass is 79.9. The number of sulfonamides is 1. The van der Waals surface area contributed by atoms with Crippen LogP contribution >= 0.6 is 27.3 Å². The van der Waals surface area contributed by atoms with Crippen LogP contribution in [0.4, 0.5) is 0 Å². The van der Waals surface area contributed by atoms with E-state index in [9.17, 15) is 13.2 Å². The van der Waals surface area contributed by atoms with Gasteiger partial charge in [0, 0.05) is 23.5 Å². The zero-order valence-electron chi connectivity index (χ0n) is 9.48. The van der Waals surface area contributed by atoms with Crippen molar-refractivity contribution < 1.29 is 13.2 Å². The fraction of sp³-hybridized carbons (Fsp3) is 0.500. The molecule has 0 atom stereocenters. The number of nitrogens with one attached hydrogen (secondary N) is 2. The summed E-state index contributed by atoms with van der Waals surface area (Å²) in [6, 6.07) is 1.69. The fourth-order valence-electron chi connectivity index (χ4n) is 1.40. The Morgan fingerprint density at radius 1 is 1.44 bits per heavy atom. The van der Waals surface area contributed by atoms with Gasteiger partial charge < -0.3 is 5.32 Å². The number of carbonyl (C=O) groups is 1. The molecule has 1 saturated carbocycles. The maximum Gasteiger partial charge on any atom is 0.251 e. The topological polar surface area (TPSA) is 75.3 Å². The molecule has 0 radical (unpaired) electrons. The molecule has 18 heavy (non-hydrogen) atoms. The average Bonchev–Trinajstić information content (AvgIpc) is 3.07. The van der Waals surface area contributed by atoms with E-state index in [0.717, 1.165) is 24.2 Å². The van der Waals surface area contributed by atoms with Crippen molar-refractivity contribution in [1.29, 1.82) is 0 Å². The van der Waals surface area contributed by atoms with Gasteiger partial charge in [-0.05, 0) is 40.2 Å². The zero-order valence-corrected chi connectivity index (χ0v) is 12.7. The van der Waals surface area contributed by atoms with E-state index in [4.69, 9.17) is 0 Å². The molecule has 1 heterocycles. The fourth-order valence-corrected chi connectivity index (χ4v) is 4.81. The largest absolute Gasteiger partial charge is 0.355 e. The summed E-state index contributed by atoms with van der Waals surface area (Å²) in [5, 5.41) is 4.40. The van der Waals surface area contributed by atoms with Crippen LogP contribution in [-0.2, 0) is 14.8 Å². The summed E-state index contributed by atoms with van der Waals surface area (Å²) in [5.41, 5.74) is 0. The van der Waals surface area contributed by atoms with Crippen LogP contribution in [0.1, 0.15) is 12.8 Å². The predicted octanol–water partition coefficient (Wildman–Crippen LogP) is 1.32. The summed E-state index contributed by atoms with van der Waals surface area (Å²) in [7, 11) is -3.48. The lowest BCUT2D eigenvalue weighted by atomic mass is 10.4. The van der Waals surface area contributed by atoms with Crippen LogP contribution < -0.4 is 10.0 Å². The minimum absolute atomic E-state index is 0.0199. The number of halogens is 1. The van der Waals surface area contributed by atoms with Gasteiger partial charge in [0.1, 0.15) is 4.21 Å². The summed E-state index contributed by atoms with van der Waals surface area (Å²) in [5.74, 6) is 0.166. The van der Waals surface area contributed by atoms with Crippen molar-refractivity contribution in [3.05, 3.63) is 15.9 Å². The number of amides is 1. The van der Waals surface area contributed by atoms with E-state index < -0.39 is 10.0 Å². The highest BCUT2D eigenvalue weighted by Crippen LogP contribution is 2.28. The standard InChI is InChI=1S/C10H13BrN2O3S2/c11-8-3-6-17-10(8)18(15,16)13-5-4-12-9(14)7-1-2-7/h3,6-7,13H,1-2,4-5H2,(H,12,14). The number of hydrogen-bond acceptors (Lipinski definition) is 4. The second kappa shape index (κ2) is 5.68. The minimum atomic E-state index is -3.48. The van der Waals surface area contributed by atoms with Gasteiger partial charge in [-0.1, -0.05) is 0 Å². The van der Waals surface area contributed by atoms with E-state index in [2.05, 4.69) is 26.0 Å². The molecule has 8 heteroatoms. The van der Waals surface area contributed by atoms with Crippen LogP contribution in [0.15, 0.2) is 20.1 Å². The molecule has 0 saturated heterocycles. The van der Waals surface area contributed by atoms with E-state index in [1.807, 2.05) is 0 Å². The van der Waals surface area contributed by atoms with Crippen molar-refractivity contribution in [2.24, 2.45) is 5.92 Å². The normalized spacial score (nSPS) is 15.6. The SMILES string of the molecule is O=C(NCCNS(=O)(=O)c1sccc1Br)C1CC1. The summed E-state index contributed by atoms with van der Waals surface area (Å²) in [6.07, 6.45) is 1.89.